The number of carbonyl (C=O) groups is 2. The minimum atomic E-state index is -0.493. The van der Waals surface area contributed by atoms with Crippen LogP contribution in [0.4, 0.5) is 5.82 Å². The number of aromatic nitrogens is 1. The largest absolute Gasteiger partial charge is 0.354 e. The fourth-order valence-corrected chi connectivity index (χ4v) is 6.61. The van der Waals surface area contributed by atoms with Crippen LogP contribution < -0.4 is 16.0 Å². The summed E-state index contributed by atoms with van der Waals surface area (Å²) in [6, 6.07) is 4.07. The molecule has 1 saturated heterocycles. The average molecular weight is 412 g/mol. The fraction of sp³-hybridized carbons (Fsp3) is 0.696. The summed E-state index contributed by atoms with van der Waals surface area (Å²) in [6.45, 7) is 7.36. The molecule has 1 aromatic heterocycles. The highest BCUT2D eigenvalue weighted by atomic mass is 16.2. The molecule has 2 bridgehead atoms. The van der Waals surface area contributed by atoms with Crippen LogP contribution in [-0.2, 0) is 4.79 Å². The number of nitrogens with zero attached hydrogens (tertiary/aromatic N) is 2. The van der Waals surface area contributed by atoms with Crippen LogP contribution in [0.2, 0.25) is 0 Å². The highest BCUT2D eigenvalue weighted by molar-refractivity contribution is 6.01. The van der Waals surface area contributed by atoms with Crippen molar-refractivity contribution in [1.29, 1.82) is 0 Å². The molecule has 0 unspecified atom stereocenters. The van der Waals surface area contributed by atoms with Crippen LogP contribution in [0.5, 0.6) is 0 Å². The Balaban J connectivity index is 1.31. The molecular formula is C23H33N5O2. The van der Waals surface area contributed by atoms with E-state index in [2.05, 4.69) is 39.7 Å². The van der Waals surface area contributed by atoms with Gasteiger partial charge in [0.25, 0.3) is 5.91 Å². The third kappa shape index (κ3) is 3.09. The van der Waals surface area contributed by atoms with E-state index in [1.165, 1.54) is 12.8 Å². The number of nitrogens with one attached hydrogen (secondary N) is 3. The van der Waals surface area contributed by atoms with Crippen LogP contribution in [0.25, 0.3) is 0 Å². The van der Waals surface area contributed by atoms with E-state index in [1.807, 2.05) is 0 Å². The van der Waals surface area contributed by atoms with Gasteiger partial charge in [0.1, 0.15) is 11.5 Å². The molecule has 2 amide bonds. The number of hydrogen-bond acceptors (Lipinski definition) is 5. The second kappa shape index (κ2) is 7.22. The summed E-state index contributed by atoms with van der Waals surface area (Å²) in [5, 5.41) is 10.1. The molecule has 7 nitrogen and oxygen atoms in total. The second-order valence-electron chi connectivity index (χ2n) is 9.97. The van der Waals surface area contributed by atoms with Crippen LogP contribution in [-0.4, -0.2) is 53.0 Å². The van der Waals surface area contributed by atoms with Gasteiger partial charge >= 0.3 is 0 Å². The summed E-state index contributed by atoms with van der Waals surface area (Å²) in [5.74, 6) is 1.03. The number of pyridine rings is 1. The van der Waals surface area contributed by atoms with Crippen molar-refractivity contribution in [2.24, 2.45) is 17.3 Å². The molecule has 30 heavy (non-hydrogen) atoms. The Morgan fingerprint density at radius 3 is 3.03 bits per heavy atom. The number of anilines is 1. The van der Waals surface area contributed by atoms with E-state index in [0.29, 0.717) is 17.4 Å². The lowest BCUT2D eigenvalue weighted by molar-refractivity contribution is -0.139. The van der Waals surface area contributed by atoms with Crippen molar-refractivity contribution in [3.63, 3.8) is 0 Å². The van der Waals surface area contributed by atoms with Crippen molar-refractivity contribution in [3.05, 3.63) is 23.9 Å². The first-order chi connectivity index (χ1) is 14.4. The molecule has 162 valence electrons. The van der Waals surface area contributed by atoms with Crippen molar-refractivity contribution in [2.75, 3.05) is 25.0 Å². The van der Waals surface area contributed by atoms with E-state index in [-0.39, 0.29) is 29.1 Å². The highest BCUT2D eigenvalue weighted by Crippen LogP contribution is 2.58. The maximum Gasteiger partial charge on any atom is 0.256 e. The quantitative estimate of drug-likeness (QED) is 0.708. The Labute approximate surface area is 178 Å². The maximum absolute atomic E-state index is 13.2. The number of carbonyl (C=O) groups excluding carboxylic acids is 2. The number of hydrogen-bond donors (Lipinski definition) is 3. The van der Waals surface area contributed by atoms with Gasteiger partial charge in [0, 0.05) is 30.6 Å². The molecule has 5 aliphatic rings. The lowest BCUT2D eigenvalue weighted by Crippen LogP contribution is -2.70. The summed E-state index contributed by atoms with van der Waals surface area (Å²) in [5.41, 5.74) is -0.0286. The summed E-state index contributed by atoms with van der Waals surface area (Å²) < 4.78 is 0. The van der Waals surface area contributed by atoms with Gasteiger partial charge in [-0.1, -0.05) is 13.8 Å². The van der Waals surface area contributed by atoms with Crippen LogP contribution in [0, 0.1) is 17.3 Å². The van der Waals surface area contributed by atoms with Crippen molar-refractivity contribution in [2.45, 2.75) is 64.1 Å². The molecule has 3 saturated carbocycles. The molecule has 3 heterocycles. The van der Waals surface area contributed by atoms with E-state index in [9.17, 15) is 9.59 Å². The first kappa shape index (κ1) is 19.8. The first-order valence-corrected chi connectivity index (χ1v) is 11.5. The summed E-state index contributed by atoms with van der Waals surface area (Å²) >= 11 is 0. The second-order valence-corrected chi connectivity index (χ2v) is 9.97. The lowest BCUT2D eigenvalue weighted by atomic mass is 9.51. The van der Waals surface area contributed by atoms with E-state index >= 15 is 0 Å². The standard InChI is InChI=1S/C23H33N5O2/c1-3-28-11-5-6-16(28)13-25-21(30)18-12-15-8-9-22(18,2)14-23(15)26-19-17(20(29)27-23)7-4-10-24-19/h4,7,10,15-16,18H,3,5-6,8-9,11-14H2,1-2H3,(H,24,26)(H,25,30)(H,27,29)/t15-,16-,18+,22+,23-/m1/s1. The van der Waals surface area contributed by atoms with Gasteiger partial charge in [-0.15, -0.1) is 0 Å². The van der Waals surface area contributed by atoms with Crippen LogP contribution in [0.15, 0.2) is 18.3 Å². The van der Waals surface area contributed by atoms with Crippen LogP contribution in [0.1, 0.15) is 62.7 Å². The molecule has 0 radical (unpaired) electrons. The minimum Gasteiger partial charge on any atom is -0.354 e. The Bertz CT molecular complexity index is 860. The molecule has 4 fully saturated rings. The lowest BCUT2D eigenvalue weighted by Gasteiger charge is -2.60. The average Bonchev–Trinajstić information content (AvgIpc) is 3.19. The topological polar surface area (TPSA) is 86.4 Å². The van der Waals surface area contributed by atoms with Gasteiger partial charge in [0.15, 0.2) is 0 Å². The molecule has 1 spiro atoms. The third-order valence-electron chi connectivity index (χ3n) is 8.27. The van der Waals surface area contributed by atoms with Crippen molar-refractivity contribution < 1.29 is 9.59 Å². The van der Waals surface area contributed by atoms with Gasteiger partial charge in [0.05, 0.1) is 5.56 Å². The smallest absolute Gasteiger partial charge is 0.256 e. The van der Waals surface area contributed by atoms with Gasteiger partial charge in [-0.25, -0.2) is 4.98 Å². The molecule has 3 N–H and O–H groups in total. The van der Waals surface area contributed by atoms with E-state index < -0.39 is 5.66 Å². The number of rotatable bonds is 4. The van der Waals surface area contributed by atoms with E-state index in [1.54, 1.807) is 18.3 Å². The predicted molar refractivity (Wildman–Crippen MR) is 115 cm³/mol. The zero-order chi connectivity index (χ0) is 20.9. The van der Waals surface area contributed by atoms with E-state index in [0.717, 1.165) is 45.3 Å². The molecule has 1 aromatic rings. The molecule has 6 rings (SSSR count). The number of fused-ring (bicyclic) bond motifs is 3. The Morgan fingerprint density at radius 2 is 2.23 bits per heavy atom. The zero-order valence-corrected chi connectivity index (χ0v) is 18.0. The zero-order valence-electron chi connectivity index (χ0n) is 18.0. The SMILES string of the molecule is CCN1CCC[C@@H]1CNC(=O)[C@@H]1C[C@H]2CC[C@@]1(C)C[C@@]21NC(=O)c2cccnc2N1. The van der Waals surface area contributed by atoms with E-state index in [4.69, 9.17) is 0 Å². The maximum atomic E-state index is 13.2. The molecule has 3 aliphatic carbocycles. The Hall–Kier alpha value is -2.15. The van der Waals surface area contributed by atoms with Crippen molar-refractivity contribution in [1.82, 2.24) is 20.5 Å². The molecule has 5 atom stereocenters. The minimum absolute atomic E-state index is 0.00202. The monoisotopic (exact) mass is 411 g/mol. The summed E-state index contributed by atoms with van der Waals surface area (Å²) in [4.78, 5) is 32.9. The molecule has 7 heteroatoms. The first-order valence-electron chi connectivity index (χ1n) is 11.5. The predicted octanol–water partition coefficient (Wildman–Crippen LogP) is 2.36. The molecular weight excluding hydrogens is 378 g/mol. The number of likely N-dealkylation sites (tertiary alicyclic amines) is 1. The van der Waals surface area contributed by atoms with Gasteiger partial charge in [0.2, 0.25) is 5.91 Å². The molecule has 0 aromatic carbocycles. The third-order valence-corrected chi connectivity index (χ3v) is 8.27. The fourth-order valence-electron chi connectivity index (χ4n) is 6.61. The van der Waals surface area contributed by atoms with Gasteiger partial charge in [-0.2, -0.15) is 0 Å². The number of likely N-dealkylation sites (N-methyl/N-ethyl adjacent to an activating group) is 1. The summed E-state index contributed by atoms with van der Waals surface area (Å²) in [7, 11) is 0. The van der Waals surface area contributed by atoms with Gasteiger partial charge < -0.3 is 16.0 Å². The highest BCUT2D eigenvalue weighted by Gasteiger charge is 2.60. The van der Waals surface area contributed by atoms with Crippen molar-refractivity contribution in [3.8, 4) is 0 Å². The van der Waals surface area contributed by atoms with Gasteiger partial charge in [-0.3, -0.25) is 14.5 Å². The summed E-state index contributed by atoms with van der Waals surface area (Å²) in [6.07, 6.45) is 7.72. The number of amides is 2. The van der Waals surface area contributed by atoms with Crippen molar-refractivity contribution >= 4 is 17.6 Å². The Morgan fingerprint density at radius 1 is 1.37 bits per heavy atom. The molecule has 2 aliphatic heterocycles. The normalized spacial score (nSPS) is 37.5. The van der Waals surface area contributed by atoms with Crippen LogP contribution >= 0.6 is 0 Å². The van der Waals surface area contributed by atoms with Crippen LogP contribution in [0.3, 0.4) is 0 Å². The van der Waals surface area contributed by atoms with Gasteiger partial charge in [-0.05, 0) is 69.2 Å². The Kier molecular flexibility index (Phi) is 4.76.